The second-order valence-electron chi connectivity index (χ2n) is 5.41. The summed E-state index contributed by atoms with van der Waals surface area (Å²) >= 11 is 0. The van der Waals surface area contributed by atoms with E-state index in [0.29, 0.717) is 11.4 Å². The van der Waals surface area contributed by atoms with Crippen LogP contribution in [0.4, 0.5) is 11.4 Å². The quantitative estimate of drug-likeness (QED) is 0.778. The third kappa shape index (κ3) is 3.20. The van der Waals surface area contributed by atoms with Crippen molar-refractivity contribution in [3.63, 3.8) is 0 Å². The Bertz CT molecular complexity index is 853. The molecule has 1 aromatic carbocycles. The number of carbonyl (C=O) groups is 1. The number of amides is 1. The minimum Gasteiger partial charge on any atom is -0.372 e. The summed E-state index contributed by atoms with van der Waals surface area (Å²) in [6.07, 6.45) is 3.39. The highest BCUT2D eigenvalue weighted by Gasteiger charge is 2.12. The number of hydrogen-bond acceptors (Lipinski definition) is 4. The highest BCUT2D eigenvalue weighted by Crippen LogP contribution is 2.21. The predicted molar refractivity (Wildman–Crippen MR) is 97.5 cm³/mol. The number of hydrogen-bond donors (Lipinski definition) is 1. The molecule has 1 amide bonds. The number of fused-ring (bicyclic) bond motifs is 1. The molecule has 3 aromatic rings. The minimum absolute atomic E-state index is 0.234. The highest BCUT2D eigenvalue weighted by molar-refractivity contribution is 6.07. The van der Waals surface area contributed by atoms with Crippen LogP contribution < -0.4 is 10.2 Å². The highest BCUT2D eigenvalue weighted by atomic mass is 16.1. The van der Waals surface area contributed by atoms with Crippen molar-refractivity contribution in [1.29, 1.82) is 0 Å². The fourth-order valence-electron chi connectivity index (χ4n) is 2.72. The molecule has 1 N–H and O–H groups in total. The van der Waals surface area contributed by atoms with Gasteiger partial charge in [0, 0.05) is 36.6 Å². The lowest BCUT2D eigenvalue weighted by atomic mass is 10.2. The summed E-state index contributed by atoms with van der Waals surface area (Å²) in [4.78, 5) is 23.3. The van der Waals surface area contributed by atoms with Gasteiger partial charge in [0.25, 0.3) is 5.91 Å². The van der Waals surface area contributed by atoms with Gasteiger partial charge < -0.3 is 10.2 Å². The summed E-state index contributed by atoms with van der Waals surface area (Å²) in [7, 11) is 0. The van der Waals surface area contributed by atoms with Crippen molar-refractivity contribution in [1.82, 2.24) is 9.97 Å². The van der Waals surface area contributed by atoms with E-state index in [0.717, 1.165) is 29.7 Å². The van der Waals surface area contributed by atoms with Crippen LogP contribution in [0.1, 0.15) is 24.3 Å². The number of rotatable bonds is 5. The van der Waals surface area contributed by atoms with Gasteiger partial charge in [0.05, 0.1) is 11.2 Å². The van der Waals surface area contributed by atoms with Crippen LogP contribution in [0.2, 0.25) is 0 Å². The number of nitrogens with zero attached hydrogens (tertiary/aromatic N) is 3. The Morgan fingerprint density at radius 3 is 2.62 bits per heavy atom. The molecule has 0 aliphatic carbocycles. The maximum atomic E-state index is 12.6. The van der Waals surface area contributed by atoms with E-state index < -0.39 is 0 Å². The van der Waals surface area contributed by atoms with Crippen molar-refractivity contribution in [3.05, 3.63) is 60.6 Å². The third-order valence-electron chi connectivity index (χ3n) is 3.99. The fourth-order valence-corrected chi connectivity index (χ4v) is 2.72. The zero-order valence-corrected chi connectivity index (χ0v) is 13.9. The van der Waals surface area contributed by atoms with Gasteiger partial charge >= 0.3 is 0 Å². The van der Waals surface area contributed by atoms with Crippen molar-refractivity contribution in [2.45, 2.75) is 13.8 Å². The first-order chi connectivity index (χ1) is 11.7. The number of anilines is 2. The van der Waals surface area contributed by atoms with Crippen molar-refractivity contribution >= 4 is 28.2 Å². The molecule has 0 saturated carbocycles. The van der Waals surface area contributed by atoms with Crippen LogP contribution in [0, 0.1) is 0 Å². The number of benzene rings is 1. The fraction of sp³-hybridized carbons (Fsp3) is 0.211. The van der Waals surface area contributed by atoms with Crippen molar-refractivity contribution in [2.75, 3.05) is 23.3 Å². The van der Waals surface area contributed by atoms with E-state index in [-0.39, 0.29) is 5.91 Å². The van der Waals surface area contributed by atoms with E-state index in [9.17, 15) is 4.79 Å². The average Bonchev–Trinajstić information content (AvgIpc) is 2.63. The molecular formula is C19H20N4O. The number of pyridine rings is 2. The monoisotopic (exact) mass is 320 g/mol. The van der Waals surface area contributed by atoms with E-state index >= 15 is 0 Å². The minimum atomic E-state index is -0.234. The molecule has 24 heavy (non-hydrogen) atoms. The van der Waals surface area contributed by atoms with Crippen molar-refractivity contribution in [2.24, 2.45) is 0 Å². The lowest BCUT2D eigenvalue weighted by Crippen LogP contribution is -2.23. The molecule has 0 bridgehead atoms. The summed E-state index contributed by atoms with van der Waals surface area (Å²) < 4.78 is 0. The van der Waals surface area contributed by atoms with Crippen LogP contribution in [0.25, 0.3) is 10.9 Å². The van der Waals surface area contributed by atoms with E-state index in [4.69, 9.17) is 0 Å². The SMILES string of the molecule is CCN(CC)c1ccnc(C(=O)Nc2cccc3cccnc23)c1. The van der Waals surface area contributed by atoms with E-state index in [1.54, 1.807) is 12.4 Å². The predicted octanol–water partition coefficient (Wildman–Crippen LogP) is 3.73. The van der Waals surface area contributed by atoms with Gasteiger partial charge in [0.15, 0.2) is 0 Å². The first-order valence-electron chi connectivity index (χ1n) is 8.09. The number of aromatic nitrogens is 2. The van der Waals surface area contributed by atoms with Crippen LogP contribution >= 0.6 is 0 Å². The molecule has 0 spiro atoms. The summed E-state index contributed by atoms with van der Waals surface area (Å²) in [6.45, 7) is 5.94. The molecule has 0 radical (unpaired) electrons. The molecule has 3 rings (SSSR count). The summed E-state index contributed by atoms with van der Waals surface area (Å²) in [5.41, 5.74) is 2.85. The van der Waals surface area contributed by atoms with Crippen LogP contribution in [-0.4, -0.2) is 29.0 Å². The normalized spacial score (nSPS) is 10.6. The number of nitrogens with one attached hydrogen (secondary N) is 1. The molecule has 0 atom stereocenters. The van der Waals surface area contributed by atoms with E-state index in [2.05, 4.69) is 34.0 Å². The first kappa shape index (κ1) is 15.9. The first-order valence-corrected chi connectivity index (χ1v) is 8.09. The maximum Gasteiger partial charge on any atom is 0.274 e. The largest absolute Gasteiger partial charge is 0.372 e. The summed E-state index contributed by atoms with van der Waals surface area (Å²) in [5.74, 6) is -0.234. The van der Waals surface area contributed by atoms with Crippen molar-refractivity contribution < 1.29 is 4.79 Å². The van der Waals surface area contributed by atoms with Crippen LogP contribution in [0.3, 0.4) is 0 Å². The molecule has 5 nitrogen and oxygen atoms in total. The van der Waals surface area contributed by atoms with Gasteiger partial charge in [-0.3, -0.25) is 14.8 Å². The molecular weight excluding hydrogens is 300 g/mol. The van der Waals surface area contributed by atoms with Gasteiger partial charge in [-0.15, -0.1) is 0 Å². The molecule has 0 aliphatic heterocycles. The molecule has 2 heterocycles. The van der Waals surface area contributed by atoms with Gasteiger partial charge in [-0.05, 0) is 38.1 Å². The molecule has 122 valence electrons. The van der Waals surface area contributed by atoms with Gasteiger partial charge in [0.2, 0.25) is 0 Å². The average molecular weight is 320 g/mol. The number of carbonyl (C=O) groups excluding carboxylic acids is 1. The van der Waals surface area contributed by atoms with Gasteiger partial charge in [-0.1, -0.05) is 18.2 Å². The van der Waals surface area contributed by atoms with Crippen LogP contribution in [-0.2, 0) is 0 Å². The molecule has 5 heteroatoms. The zero-order valence-electron chi connectivity index (χ0n) is 13.9. The number of para-hydroxylation sites is 1. The van der Waals surface area contributed by atoms with Gasteiger partial charge in [0.1, 0.15) is 5.69 Å². The Kier molecular flexibility index (Phi) is 4.70. The Balaban J connectivity index is 1.88. The van der Waals surface area contributed by atoms with E-state index in [1.807, 2.05) is 42.5 Å². The zero-order chi connectivity index (χ0) is 16.9. The van der Waals surface area contributed by atoms with Crippen molar-refractivity contribution in [3.8, 4) is 0 Å². The molecule has 0 aliphatic rings. The Morgan fingerprint density at radius 1 is 1.04 bits per heavy atom. The Morgan fingerprint density at radius 2 is 1.83 bits per heavy atom. The van der Waals surface area contributed by atoms with Crippen LogP contribution in [0.15, 0.2) is 54.9 Å². The standard InChI is InChI=1S/C19H20N4O/c1-3-23(4-2)15-10-12-20-17(13-15)19(24)22-16-9-5-7-14-8-6-11-21-18(14)16/h5-13H,3-4H2,1-2H3,(H,22,24). The molecule has 0 fully saturated rings. The molecule has 0 unspecified atom stereocenters. The summed E-state index contributed by atoms with van der Waals surface area (Å²) in [5, 5.41) is 3.91. The second-order valence-corrected chi connectivity index (χ2v) is 5.41. The molecule has 2 aromatic heterocycles. The van der Waals surface area contributed by atoms with Gasteiger partial charge in [-0.2, -0.15) is 0 Å². The topological polar surface area (TPSA) is 58.1 Å². The summed E-state index contributed by atoms with van der Waals surface area (Å²) in [6, 6.07) is 13.3. The second kappa shape index (κ2) is 7.08. The lowest BCUT2D eigenvalue weighted by Gasteiger charge is -2.21. The Hall–Kier alpha value is -2.95. The third-order valence-corrected chi connectivity index (χ3v) is 3.99. The van der Waals surface area contributed by atoms with Gasteiger partial charge in [-0.25, -0.2) is 0 Å². The lowest BCUT2D eigenvalue weighted by molar-refractivity contribution is 0.102. The Labute approximate surface area is 141 Å². The van der Waals surface area contributed by atoms with E-state index in [1.165, 1.54) is 0 Å². The maximum absolute atomic E-state index is 12.6. The molecule has 0 saturated heterocycles. The smallest absolute Gasteiger partial charge is 0.274 e. The van der Waals surface area contributed by atoms with Crippen LogP contribution in [0.5, 0.6) is 0 Å².